The van der Waals surface area contributed by atoms with E-state index >= 15 is 0 Å². The molecule has 2 N–H and O–H groups in total. The highest BCUT2D eigenvalue weighted by molar-refractivity contribution is 4.86. The fourth-order valence-electron chi connectivity index (χ4n) is 2.91. The summed E-state index contributed by atoms with van der Waals surface area (Å²) in [4.78, 5) is 2.65. The Bertz CT molecular complexity index is 177. The highest BCUT2D eigenvalue weighted by atomic mass is 15.2. The maximum Gasteiger partial charge on any atom is 0.0247 e. The standard InChI is InChI=1S/C13H28N2/c1-10(2)9-11(3)15-8-6-5-7-13(15)12(4)14/h10-13H,5-9,14H2,1-4H3. The molecule has 1 aliphatic rings. The van der Waals surface area contributed by atoms with Crippen molar-refractivity contribution in [2.75, 3.05) is 6.54 Å². The van der Waals surface area contributed by atoms with Gasteiger partial charge in [-0.25, -0.2) is 0 Å². The maximum absolute atomic E-state index is 6.08. The van der Waals surface area contributed by atoms with E-state index in [9.17, 15) is 0 Å². The Balaban J connectivity index is 2.55. The van der Waals surface area contributed by atoms with Gasteiger partial charge >= 0.3 is 0 Å². The summed E-state index contributed by atoms with van der Waals surface area (Å²) in [6, 6.07) is 1.63. The predicted octanol–water partition coefficient (Wildman–Crippen LogP) is 2.62. The summed E-state index contributed by atoms with van der Waals surface area (Å²) < 4.78 is 0. The molecule has 0 spiro atoms. The number of rotatable bonds is 4. The number of nitrogens with zero attached hydrogens (tertiary/aromatic N) is 1. The van der Waals surface area contributed by atoms with Crippen molar-refractivity contribution in [3.8, 4) is 0 Å². The Morgan fingerprint density at radius 3 is 2.40 bits per heavy atom. The Morgan fingerprint density at radius 1 is 1.20 bits per heavy atom. The molecule has 0 aromatic heterocycles. The first-order valence-electron chi connectivity index (χ1n) is 6.53. The lowest BCUT2D eigenvalue weighted by Crippen LogP contribution is -2.52. The molecular formula is C13H28N2. The zero-order valence-corrected chi connectivity index (χ0v) is 10.9. The molecule has 0 amide bonds. The van der Waals surface area contributed by atoms with E-state index in [2.05, 4.69) is 32.6 Å². The monoisotopic (exact) mass is 212 g/mol. The zero-order chi connectivity index (χ0) is 11.4. The van der Waals surface area contributed by atoms with E-state index in [0.717, 1.165) is 5.92 Å². The largest absolute Gasteiger partial charge is 0.327 e. The lowest BCUT2D eigenvalue weighted by atomic mass is 9.93. The summed E-state index contributed by atoms with van der Waals surface area (Å²) in [6.07, 6.45) is 5.30. The second-order valence-corrected chi connectivity index (χ2v) is 5.64. The number of piperidine rings is 1. The molecule has 0 aliphatic carbocycles. The van der Waals surface area contributed by atoms with Crippen molar-refractivity contribution in [1.82, 2.24) is 4.90 Å². The summed E-state index contributed by atoms with van der Waals surface area (Å²) in [5.74, 6) is 0.788. The van der Waals surface area contributed by atoms with Crippen LogP contribution in [0.5, 0.6) is 0 Å². The molecule has 15 heavy (non-hydrogen) atoms. The van der Waals surface area contributed by atoms with Crippen molar-refractivity contribution in [2.45, 2.75) is 71.5 Å². The summed E-state index contributed by atoms with van der Waals surface area (Å²) in [6.45, 7) is 10.4. The van der Waals surface area contributed by atoms with Crippen molar-refractivity contribution in [1.29, 1.82) is 0 Å². The number of hydrogen-bond donors (Lipinski definition) is 1. The van der Waals surface area contributed by atoms with Gasteiger partial charge in [-0.05, 0) is 45.6 Å². The topological polar surface area (TPSA) is 29.3 Å². The second-order valence-electron chi connectivity index (χ2n) is 5.64. The van der Waals surface area contributed by atoms with Gasteiger partial charge in [0.2, 0.25) is 0 Å². The lowest BCUT2D eigenvalue weighted by molar-refractivity contribution is 0.0788. The quantitative estimate of drug-likeness (QED) is 0.776. The van der Waals surface area contributed by atoms with Crippen LogP contribution >= 0.6 is 0 Å². The third-order valence-corrected chi connectivity index (χ3v) is 3.58. The van der Waals surface area contributed by atoms with E-state index in [1.807, 2.05) is 0 Å². The summed E-state index contributed by atoms with van der Waals surface area (Å²) >= 11 is 0. The van der Waals surface area contributed by atoms with Crippen LogP contribution < -0.4 is 5.73 Å². The van der Waals surface area contributed by atoms with Gasteiger partial charge < -0.3 is 5.73 Å². The molecule has 1 heterocycles. The Hall–Kier alpha value is -0.0800. The second kappa shape index (κ2) is 5.86. The molecule has 2 heteroatoms. The van der Waals surface area contributed by atoms with Crippen LogP contribution in [0, 0.1) is 5.92 Å². The van der Waals surface area contributed by atoms with Gasteiger partial charge in [0.15, 0.2) is 0 Å². The van der Waals surface area contributed by atoms with Gasteiger partial charge in [0, 0.05) is 18.1 Å². The normalized spacial score (nSPS) is 28.0. The van der Waals surface area contributed by atoms with Gasteiger partial charge in [0.05, 0.1) is 0 Å². The van der Waals surface area contributed by atoms with E-state index < -0.39 is 0 Å². The smallest absolute Gasteiger partial charge is 0.0247 e. The first-order chi connectivity index (χ1) is 7.02. The summed E-state index contributed by atoms with van der Waals surface area (Å²) in [5, 5.41) is 0. The number of likely N-dealkylation sites (tertiary alicyclic amines) is 1. The van der Waals surface area contributed by atoms with Crippen LogP contribution in [-0.4, -0.2) is 29.6 Å². The van der Waals surface area contributed by atoms with E-state index in [1.54, 1.807) is 0 Å². The van der Waals surface area contributed by atoms with E-state index in [1.165, 1.54) is 32.2 Å². The maximum atomic E-state index is 6.08. The van der Waals surface area contributed by atoms with Crippen molar-refractivity contribution in [2.24, 2.45) is 11.7 Å². The SMILES string of the molecule is CC(C)CC(C)N1CCCCC1C(C)N. The third kappa shape index (κ3) is 3.76. The van der Waals surface area contributed by atoms with E-state index in [4.69, 9.17) is 5.73 Å². The van der Waals surface area contributed by atoms with Crippen LogP contribution in [0.4, 0.5) is 0 Å². The van der Waals surface area contributed by atoms with Gasteiger partial charge in [-0.3, -0.25) is 4.90 Å². The van der Waals surface area contributed by atoms with Gasteiger partial charge in [0.1, 0.15) is 0 Å². The molecule has 0 radical (unpaired) electrons. The lowest BCUT2D eigenvalue weighted by Gasteiger charge is -2.42. The summed E-state index contributed by atoms with van der Waals surface area (Å²) in [5.41, 5.74) is 6.08. The van der Waals surface area contributed by atoms with Gasteiger partial charge in [-0.15, -0.1) is 0 Å². The predicted molar refractivity (Wildman–Crippen MR) is 66.9 cm³/mol. The van der Waals surface area contributed by atoms with Crippen LogP contribution in [0.25, 0.3) is 0 Å². The minimum absolute atomic E-state index is 0.319. The summed E-state index contributed by atoms with van der Waals surface area (Å²) in [7, 11) is 0. The number of nitrogens with two attached hydrogens (primary N) is 1. The highest BCUT2D eigenvalue weighted by Gasteiger charge is 2.28. The van der Waals surface area contributed by atoms with Crippen LogP contribution in [0.2, 0.25) is 0 Å². The number of hydrogen-bond acceptors (Lipinski definition) is 2. The molecule has 0 aromatic rings. The molecule has 1 saturated heterocycles. The zero-order valence-electron chi connectivity index (χ0n) is 10.9. The molecule has 1 fully saturated rings. The van der Waals surface area contributed by atoms with Crippen molar-refractivity contribution in [3.63, 3.8) is 0 Å². The minimum atomic E-state index is 0.319. The average Bonchev–Trinajstić information content (AvgIpc) is 2.16. The van der Waals surface area contributed by atoms with Gasteiger partial charge in [0.25, 0.3) is 0 Å². The van der Waals surface area contributed by atoms with Gasteiger partial charge in [-0.1, -0.05) is 20.3 Å². The molecule has 90 valence electrons. The molecule has 0 saturated carbocycles. The molecular weight excluding hydrogens is 184 g/mol. The highest BCUT2D eigenvalue weighted by Crippen LogP contribution is 2.24. The van der Waals surface area contributed by atoms with Crippen LogP contribution in [0.3, 0.4) is 0 Å². The molecule has 3 unspecified atom stereocenters. The van der Waals surface area contributed by atoms with Crippen LogP contribution in [0.1, 0.15) is 53.4 Å². The molecule has 3 atom stereocenters. The van der Waals surface area contributed by atoms with Gasteiger partial charge in [-0.2, -0.15) is 0 Å². The molecule has 2 nitrogen and oxygen atoms in total. The molecule has 1 aliphatic heterocycles. The Morgan fingerprint density at radius 2 is 1.87 bits per heavy atom. The van der Waals surface area contributed by atoms with E-state index in [0.29, 0.717) is 18.1 Å². The first kappa shape index (κ1) is 13.0. The molecule has 0 bridgehead atoms. The van der Waals surface area contributed by atoms with Crippen molar-refractivity contribution in [3.05, 3.63) is 0 Å². The molecule has 0 aromatic carbocycles. The van der Waals surface area contributed by atoms with Crippen molar-refractivity contribution >= 4 is 0 Å². The fourth-order valence-corrected chi connectivity index (χ4v) is 2.91. The molecule has 1 rings (SSSR count). The Kier molecular flexibility index (Phi) is 5.07. The first-order valence-corrected chi connectivity index (χ1v) is 6.53. The van der Waals surface area contributed by atoms with Crippen molar-refractivity contribution < 1.29 is 0 Å². The third-order valence-electron chi connectivity index (χ3n) is 3.58. The Labute approximate surface area is 95.2 Å². The van der Waals surface area contributed by atoms with E-state index in [-0.39, 0.29) is 0 Å². The average molecular weight is 212 g/mol. The van der Waals surface area contributed by atoms with Crippen LogP contribution in [0.15, 0.2) is 0 Å². The van der Waals surface area contributed by atoms with Crippen LogP contribution in [-0.2, 0) is 0 Å². The fraction of sp³-hybridized carbons (Fsp3) is 1.00. The minimum Gasteiger partial charge on any atom is -0.327 e.